The largest absolute Gasteiger partial charge is 0.356 e. The number of fused-ring (bicyclic) bond motifs is 2. The fourth-order valence-electron chi connectivity index (χ4n) is 2.97. The molecule has 2 amide bonds. The van der Waals surface area contributed by atoms with Crippen LogP contribution in [0.15, 0.2) is 48.5 Å². The molecule has 0 fully saturated rings. The monoisotopic (exact) mass is 346 g/mol. The Morgan fingerprint density at radius 2 is 1.69 bits per heavy atom. The first kappa shape index (κ1) is 17.8. The molecule has 1 aliphatic heterocycles. The molecule has 0 aromatic heterocycles. The zero-order valence-electron chi connectivity index (χ0n) is 14.9. The van der Waals surface area contributed by atoms with Gasteiger partial charge in [0, 0.05) is 30.5 Å². The Balaban J connectivity index is 1.83. The SMILES string of the molecule is CCCC(=O)NCCC(=O)N1Cc2ccccc2C#Cc2ccccc21. The first-order chi connectivity index (χ1) is 12.7. The van der Waals surface area contributed by atoms with Crippen LogP contribution in [0.25, 0.3) is 0 Å². The van der Waals surface area contributed by atoms with Crippen LogP contribution in [-0.2, 0) is 16.1 Å². The highest BCUT2D eigenvalue weighted by molar-refractivity contribution is 5.95. The molecule has 4 heteroatoms. The number of hydrogen-bond donors (Lipinski definition) is 1. The zero-order chi connectivity index (χ0) is 18.4. The lowest BCUT2D eigenvalue weighted by Gasteiger charge is -2.26. The van der Waals surface area contributed by atoms with E-state index in [2.05, 4.69) is 17.2 Å². The van der Waals surface area contributed by atoms with Gasteiger partial charge < -0.3 is 10.2 Å². The Kier molecular flexibility index (Phi) is 5.70. The lowest BCUT2D eigenvalue weighted by Crippen LogP contribution is -2.35. The topological polar surface area (TPSA) is 49.4 Å². The van der Waals surface area contributed by atoms with Gasteiger partial charge in [0.05, 0.1) is 12.2 Å². The van der Waals surface area contributed by atoms with Crippen LogP contribution in [0.2, 0.25) is 0 Å². The number of carbonyl (C=O) groups excluding carboxylic acids is 2. The summed E-state index contributed by atoms with van der Waals surface area (Å²) in [5, 5.41) is 2.81. The molecule has 26 heavy (non-hydrogen) atoms. The summed E-state index contributed by atoms with van der Waals surface area (Å²) in [4.78, 5) is 26.3. The molecule has 0 unspecified atom stereocenters. The molecule has 0 atom stereocenters. The van der Waals surface area contributed by atoms with Crippen LogP contribution in [0.4, 0.5) is 5.69 Å². The standard InChI is InChI=1S/C22H22N2O2/c1-2-7-21(25)23-15-14-22(26)24-16-19-10-4-3-8-17(19)12-13-18-9-5-6-11-20(18)24/h3-6,8-11H,2,7,14-16H2,1H3,(H,23,25). The van der Waals surface area contributed by atoms with Gasteiger partial charge in [0.25, 0.3) is 0 Å². The van der Waals surface area contributed by atoms with Crippen LogP contribution in [-0.4, -0.2) is 18.4 Å². The van der Waals surface area contributed by atoms with Gasteiger partial charge in [-0.15, -0.1) is 0 Å². The Bertz CT molecular complexity index is 877. The van der Waals surface area contributed by atoms with Gasteiger partial charge in [0.15, 0.2) is 0 Å². The highest BCUT2D eigenvalue weighted by Gasteiger charge is 2.20. The van der Waals surface area contributed by atoms with E-state index in [1.807, 2.05) is 55.5 Å². The van der Waals surface area contributed by atoms with Crippen molar-refractivity contribution in [1.82, 2.24) is 5.32 Å². The fraction of sp³-hybridized carbons (Fsp3) is 0.273. The van der Waals surface area contributed by atoms with E-state index >= 15 is 0 Å². The molecule has 0 saturated carbocycles. The average molecular weight is 346 g/mol. The summed E-state index contributed by atoms with van der Waals surface area (Å²) in [7, 11) is 0. The number of nitrogens with zero attached hydrogens (tertiary/aromatic N) is 1. The predicted octanol–water partition coefficient (Wildman–Crippen LogP) is 3.24. The summed E-state index contributed by atoms with van der Waals surface area (Å²) < 4.78 is 0. The Hall–Kier alpha value is -3.06. The number of nitrogens with one attached hydrogen (secondary N) is 1. The molecular formula is C22H22N2O2. The molecule has 1 N–H and O–H groups in total. The van der Waals surface area contributed by atoms with Crippen molar-refractivity contribution in [2.75, 3.05) is 11.4 Å². The lowest BCUT2D eigenvalue weighted by atomic mass is 10.0. The van der Waals surface area contributed by atoms with Gasteiger partial charge in [-0.05, 0) is 30.2 Å². The van der Waals surface area contributed by atoms with Crippen molar-refractivity contribution in [3.05, 3.63) is 65.2 Å². The minimum absolute atomic E-state index is 0.00965. The second-order valence-corrected chi connectivity index (χ2v) is 6.25. The molecule has 0 radical (unpaired) electrons. The molecule has 0 spiro atoms. The summed E-state index contributed by atoms with van der Waals surface area (Å²) in [6.45, 7) is 2.79. The fourth-order valence-corrected chi connectivity index (χ4v) is 2.97. The van der Waals surface area contributed by atoms with Crippen LogP contribution in [0.3, 0.4) is 0 Å². The van der Waals surface area contributed by atoms with Gasteiger partial charge in [0.1, 0.15) is 0 Å². The van der Waals surface area contributed by atoms with Crippen LogP contribution in [0.1, 0.15) is 42.9 Å². The molecule has 0 bridgehead atoms. The van der Waals surface area contributed by atoms with Crippen molar-refractivity contribution in [3.63, 3.8) is 0 Å². The van der Waals surface area contributed by atoms with E-state index in [9.17, 15) is 9.59 Å². The Labute approximate surface area is 154 Å². The van der Waals surface area contributed by atoms with Crippen molar-refractivity contribution in [2.45, 2.75) is 32.7 Å². The number of rotatable bonds is 5. The maximum Gasteiger partial charge on any atom is 0.229 e. The van der Waals surface area contributed by atoms with Crippen LogP contribution in [0.5, 0.6) is 0 Å². The molecule has 0 aliphatic carbocycles. The van der Waals surface area contributed by atoms with Crippen LogP contribution < -0.4 is 10.2 Å². The summed E-state index contributed by atoms with van der Waals surface area (Å²) >= 11 is 0. The van der Waals surface area contributed by atoms with Gasteiger partial charge in [0.2, 0.25) is 11.8 Å². The van der Waals surface area contributed by atoms with E-state index in [-0.39, 0.29) is 18.2 Å². The van der Waals surface area contributed by atoms with Crippen molar-refractivity contribution in [3.8, 4) is 11.8 Å². The lowest BCUT2D eigenvalue weighted by molar-refractivity contribution is -0.121. The number of amides is 2. The maximum absolute atomic E-state index is 12.9. The quantitative estimate of drug-likeness (QED) is 0.845. The molecule has 4 nitrogen and oxygen atoms in total. The van der Waals surface area contributed by atoms with Gasteiger partial charge in [-0.2, -0.15) is 0 Å². The van der Waals surface area contributed by atoms with E-state index in [1.165, 1.54) is 0 Å². The summed E-state index contributed by atoms with van der Waals surface area (Å²) in [6, 6.07) is 15.6. The van der Waals surface area contributed by atoms with Gasteiger partial charge >= 0.3 is 0 Å². The molecule has 132 valence electrons. The zero-order valence-corrected chi connectivity index (χ0v) is 14.9. The summed E-state index contributed by atoms with van der Waals surface area (Å²) in [5.74, 6) is 6.36. The number of carbonyl (C=O) groups is 2. The second-order valence-electron chi connectivity index (χ2n) is 6.25. The molecule has 2 aromatic rings. The van der Waals surface area contributed by atoms with Gasteiger partial charge in [-0.25, -0.2) is 0 Å². The van der Waals surface area contributed by atoms with Crippen molar-refractivity contribution < 1.29 is 9.59 Å². The van der Waals surface area contributed by atoms with E-state index < -0.39 is 0 Å². The Morgan fingerprint density at radius 3 is 2.50 bits per heavy atom. The third-order valence-corrected chi connectivity index (χ3v) is 4.31. The van der Waals surface area contributed by atoms with E-state index in [0.29, 0.717) is 19.5 Å². The first-order valence-electron chi connectivity index (χ1n) is 8.95. The third-order valence-electron chi connectivity index (χ3n) is 4.31. The highest BCUT2D eigenvalue weighted by atomic mass is 16.2. The van der Waals surface area contributed by atoms with E-state index in [4.69, 9.17) is 0 Å². The molecule has 1 heterocycles. The van der Waals surface area contributed by atoms with Crippen LogP contribution in [0, 0.1) is 11.8 Å². The summed E-state index contributed by atoms with van der Waals surface area (Å²) in [5.41, 5.74) is 3.62. The number of anilines is 1. The molecular weight excluding hydrogens is 324 g/mol. The molecule has 2 aromatic carbocycles. The first-order valence-corrected chi connectivity index (χ1v) is 8.95. The smallest absolute Gasteiger partial charge is 0.229 e. The molecule has 1 aliphatic rings. The minimum atomic E-state index is -0.0206. The molecule has 0 saturated heterocycles. The summed E-state index contributed by atoms with van der Waals surface area (Å²) in [6.07, 6.45) is 1.55. The van der Waals surface area contributed by atoms with Crippen molar-refractivity contribution in [2.24, 2.45) is 0 Å². The average Bonchev–Trinajstić information content (AvgIpc) is 2.64. The number of benzene rings is 2. The highest BCUT2D eigenvalue weighted by Crippen LogP contribution is 2.25. The van der Waals surface area contributed by atoms with Gasteiger partial charge in [-0.3, -0.25) is 9.59 Å². The maximum atomic E-state index is 12.9. The number of hydrogen-bond acceptors (Lipinski definition) is 2. The second kappa shape index (κ2) is 8.35. The Morgan fingerprint density at radius 1 is 1.00 bits per heavy atom. The van der Waals surface area contributed by atoms with Crippen molar-refractivity contribution in [1.29, 1.82) is 0 Å². The van der Waals surface area contributed by atoms with E-state index in [0.717, 1.165) is 28.8 Å². The third kappa shape index (κ3) is 4.12. The van der Waals surface area contributed by atoms with Gasteiger partial charge in [-0.1, -0.05) is 49.1 Å². The van der Waals surface area contributed by atoms with Crippen LogP contribution >= 0.6 is 0 Å². The van der Waals surface area contributed by atoms with E-state index in [1.54, 1.807) is 4.90 Å². The minimum Gasteiger partial charge on any atom is -0.356 e. The normalized spacial score (nSPS) is 12.0. The van der Waals surface area contributed by atoms with Crippen molar-refractivity contribution >= 4 is 17.5 Å². The molecule has 3 rings (SSSR count). The predicted molar refractivity (Wildman–Crippen MR) is 103 cm³/mol. The number of para-hydroxylation sites is 1.